The Balaban J connectivity index is 1.35. The van der Waals surface area contributed by atoms with E-state index in [1.807, 2.05) is 0 Å². The number of pyridine rings is 1. The highest BCUT2D eigenvalue weighted by Crippen LogP contribution is 2.48. The molecule has 3 aromatic heterocycles. The summed E-state index contributed by atoms with van der Waals surface area (Å²) >= 11 is 0. The quantitative estimate of drug-likeness (QED) is 0.493. The van der Waals surface area contributed by atoms with Crippen LogP contribution in [0.3, 0.4) is 0 Å². The van der Waals surface area contributed by atoms with E-state index in [0.717, 1.165) is 25.7 Å². The van der Waals surface area contributed by atoms with E-state index in [1.165, 1.54) is 19.0 Å². The number of rotatable bonds is 5. The average molecular weight is 568 g/mol. The molecule has 1 saturated heterocycles. The molecule has 0 unspecified atom stereocenters. The van der Waals surface area contributed by atoms with Gasteiger partial charge in [0, 0.05) is 30.9 Å². The molecule has 1 amide bonds. The smallest absolute Gasteiger partial charge is 0.268 e. The van der Waals surface area contributed by atoms with Crippen LogP contribution in [0.1, 0.15) is 75.3 Å². The van der Waals surface area contributed by atoms with Gasteiger partial charge in [0.05, 0.1) is 24.1 Å². The lowest BCUT2D eigenvalue weighted by Crippen LogP contribution is -2.41. The zero-order valence-electron chi connectivity index (χ0n) is 23.6. The predicted molar refractivity (Wildman–Crippen MR) is 149 cm³/mol. The number of carbonyl (C=O) groups excluding carboxylic acids is 1. The minimum atomic E-state index is -4.13. The maximum absolute atomic E-state index is 13.5. The van der Waals surface area contributed by atoms with E-state index in [-0.39, 0.29) is 16.0 Å². The molecule has 12 heteroatoms. The summed E-state index contributed by atoms with van der Waals surface area (Å²) in [5.74, 6) is 1.16. The van der Waals surface area contributed by atoms with Gasteiger partial charge in [-0.1, -0.05) is 6.92 Å². The molecule has 5 heterocycles. The van der Waals surface area contributed by atoms with Crippen LogP contribution < -0.4 is 14.4 Å². The molecule has 1 saturated carbocycles. The molecule has 4 bridgehead atoms. The Kier molecular flexibility index (Phi) is 6.43. The molecule has 40 heavy (non-hydrogen) atoms. The Morgan fingerprint density at radius 1 is 1.18 bits per heavy atom. The van der Waals surface area contributed by atoms with Crippen molar-refractivity contribution in [2.24, 2.45) is 11.3 Å². The fourth-order valence-corrected chi connectivity index (χ4v) is 7.10. The number of carbonyl (C=O) groups is 1. The van der Waals surface area contributed by atoms with Gasteiger partial charge in [0.15, 0.2) is 5.82 Å². The van der Waals surface area contributed by atoms with E-state index in [9.17, 15) is 13.2 Å². The maximum atomic E-state index is 13.5. The first kappa shape index (κ1) is 26.8. The van der Waals surface area contributed by atoms with Crippen LogP contribution in [-0.2, 0) is 16.6 Å². The minimum Gasteiger partial charge on any atom is -0.477 e. The Morgan fingerprint density at radius 3 is 2.75 bits per heavy atom. The topological polar surface area (TPSA) is 124 Å². The SMILES string of the molecule is Cc1c2cnn1CCC[C@@H]1CN(c3nc(-n4ccc(OCCC5(C)CC5)n4)ccc3C(=O)NS2(=O)=O)C(C)(C)C1. The third-order valence-electron chi connectivity index (χ3n) is 8.74. The molecule has 1 aliphatic carbocycles. The first-order valence-corrected chi connectivity index (χ1v) is 15.5. The van der Waals surface area contributed by atoms with Gasteiger partial charge in [0.1, 0.15) is 10.7 Å². The standard InChI is InChI=1S/C28H37N7O4S/c1-19-22-17-29-34(19)13-5-6-20-16-27(2,3)33(18-20)25-21(26(36)32-40(22,37)38)7-8-23(30-25)35-14-9-24(31-35)39-15-12-28(4)10-11-28/h7-9,14,17,20H,5-6,10-13,15-16,18H2,1-4H3,(H,32,36)/t20-/m0/s1. The van der Waals surface area contributed by atoms with Crippen molar-refractivity contribution in [1.82, 2.24) is 29.3 Å². The summed E-state index contributed by atoms with van der Waals surface area (Å²) in [5.41, 5.74) is 0.837. The molecule has 3 aliphatic rings. The lowest BCUT2D eigenvalue weighted by molar-refractivity contribution is 0.0981. The molecule has 0 spiro atoms. The van der Waals surface area contributed by atoms with Crippen LogP contribution in [0.2, 0.25) is 0 Å². The van der Waals surface area contributed by atoms with Crippen molar-refractivity contribution in [2.45, 2.75) is 83.2 Å². The third-order valence-corrected chi connectivity index (χ3v) is 10.2. The monoisotopic (exact) mass is 567 g/mol. The summed E-state index contributed by atoms with van der Waals surface area (Å²) in [6.07, 6.45) is 9.36. The van der Waals surface area contributed by atoms with Crippen LogP contribution in [0.25, 0.3) is 5.82 Å². The summed E-state index contributed by atoms with van der Waals surface area (Å²) in [5, 5.41) is 8.85. The van der Waals surface area contributed by atoms with Gasteiger partial charge < -0.3 is 9.64 Å². The molecule has 2 aliphatic heterocycles. The van der Waals surface area contributed by atoms with Gasteiger partial charge in [-0.25, -0.2) is 22.8 Å². The van der Waals surface area contributed by atoms with E-state index >= 15 is 0 Å². The molecule has 1 N–H and O–H groups in total. The van der Waals surface area contributed by atoms with Gasteiger partial charge in [-0.3, -0.25) is 9.48 Å². The molecular formula is C28H37N7O4S. The number of amides is 1. The van der Waals surface area contributed by atoms with Crippen LogP contribution in [0.15, 0.2) is 35.5 Å². The predicted octanol–water partition coefficient (Wildman–Crippen LogP) is 3.86. The van der Waals surface area contributed by atoms with E-state index in [2.05, 4.69) is 40.6 Å². The molecule has 0 radical (unpaired) electrons. The van der Waals surface area contributed by atoms with Crippen molar-refractivity contribution in [3.8, 4) is 11.7 Å². The molecule has 1 atom stereocenters. The van der Waals surface area contributed by atoms with Gasteiger partial charge in [-0.05, 0) is 82.8 Å². The lowest BCUT2D eigenvalue weighted by atomic mass is 9.93. The number of hydrogen-bond donors (Lipinski definition) is 1. The Labute approximate surface area is 235 Å². The summed E-state index contributed by atoms with van der Waals surface area (Å²) in [6.45, 7) is 10.2. The van der Waals surface area contributed by atoms with Crippen LogP contribution in [0.4, 0.5) is 5.82 Å². The van der Waals surface area contributed by atoms with Gasteiger partial charge in [-0.15, -0.1) is 5.10 Å². The Bertz CT molecular complexity index is 1550. The Morgan fingerprint density at radius 2 is 1.98 bits per heavy atom. The second-order valence-corrected chi connectivity index (χ2v) is 14.1. The number of nitrogens with one attached hydrogen (secondary N) is 1. The molecule has 0 aromatic carbocycles. The van der Waals surface area contributed by atoms with E-state index < -0.39 is 15.9 Å². The fourth-order valence-electron chi connectivity index (χ4n) is 5.96. The van der Waals surface area contributed by atoms with Crippen LogP contribution in [-0.4, -0.2) is 57.6 Å². The molecule has 214 valence electrons. The van der Waals surface area contributed by atoms with Crippen molar-refractivity contribution >= 4 is 21.7 Å². The second-order valence-electron chi connectivity index (χ2n) is 12.4. The number of nitrogens with zero attached hydrogens (tertiary/aromatic N) is 6. The van der Waals surface area contributed by atoms with Gasteiger partial charge in [0.2, 0.25) is 5.88 Å². The van der Waals surface area contributed by atoms with Gasteiger partial charge in [0.25, 0.3) is 15.9 Å². The highest BCUT2D eigenvalue weighted by molar-refractivity contribution is 7.90. The number of hydrogen-bond acceptors (Lipinski definition) is 8. The lowest BCUT2D eigenvalue weighted by Gasteiger charge is -2.34. The summed E-state index contributed by atoms with van der Waals surface area (Å²) in [6, 6.07) is 5.12. The highest BCUT2D eigenvalue weighted by atomic mass is 32.2. The van der Waals surface area contributed by atoms with Crippen molar-refractivity contribution in [2.75, 3.05) is 18.1 Å². The molecule has 3 aromatic rings. The molecule has 2 fully saturated rings. The normalized spacial score (nSPS) is 22.8. The number of aromatic nitrogens is 5. The van der Waals surface area contributed by atoms with E-state index in [0.29, 0.717) is 54.2 Å². The first-order chi connectivity index (χ1) is 18.9. The largest absolute Gasteiger partial charge is 0.477 e. The summed E-state index contributed by atoms with van der Waals surface area (Å²) in [7, 11) is -4.13. The number of fused-ring (bicyclic) bond motifs is 6. The van der Waals surface area contributed by atoms with Crippen LogP contribution in [0.5, 0.6) is 5.88 Å². The number of sulfonamides is 1. The van der Waals surface area contributed by atoms with Crippen LogP contribution >= 0.6 is 0 Å². The molecular weight excluding hydrogens is 530 g/mol. The fraction of sp³-hybridized carbons (Fsp3) is 0.571. The van der Waals surface area contributed by atoms with Crippen molar-refractivity contribution in [3.05, 3.63) is 41.9 Å². The zero-order valence-corrected chi connectivity index (χ0v) is 24.4. The zero-order chi connectivity index (χ0) is 28.3. The first-order valence-electron chi connectivity index (χ1n) is 14.0. The van der Waals surface area contributed by atoms with Crippen molar-refractivity contribution in [1.29, 1.82) is 0 Å². The van der Waals surface area contributed by atoms with Crippen molar-refractivity contribution in [3.63, 3.8) is 0 Å². The third kappa shape index (κ3) is 5.09. The number of anilines is 1. The van der Waals surface area contributed by atoms with Gasteiger partial charge in [-0.2, -0.15) is 5.10 Å². The maximum Gasteiger partial charge on any atom is 0.268 e. The number of aryl methyl sites for hydroxylation is 1. The van der Waals surface area contributed by atoms with Gasteiger partial charge >= 0.3 is 0 Å². The Hall–Kier alpha value is -3.41. The molecule has 11 nitrogen and oxygen atoms in total. The van der Waals surface area contributed by atoms with E-state index in [1.54, 1.807) is 40.7 Å². The van der Waals surface area contributed by atoms with Crippen LogP contribution in [0, 0.1) is 18.3 Å². The van der Waals surface area contributed by atoms with E-state index in [4.69, 9.17) is 9.72 Å². The molecule has 6 rings (SSSR count). The summed E-state index contributed by atoms with van der Waals surface area (Å²) < 4.78 is 37.9. The minimum absolute atomic E-state index is 0.00685. The number of ether oxygens (including phenoxy) is 1. The highest BCUT2D eigenvalue weighted by Gasteiger charge is 2.41. The van der Waals surface area contributed by atoms with Crippen molar-refractivity contribution < 1.29 is 17.9 Å². The average Bonchev–Trinajstić information content (AvgIpc) is 3.19. The second kappa shape index (κ2) is 9.60. The summed E-state index contributed by atoms with van der Waals surface area (Å²) in [4.78, 5) is 20.6.